The minimum atomic E-state index is -3.95. The van der Waals surface area contributed by atoms with Crippen molar-refractivity contribution in [2.75, 3.05) is 0 Å². The molecule has 0 spiro atoms. The van der Waals surface area contributed by atoms with Crippen LogP contribution < -0.4 is 0 Å². The summed E-state index contributed by atoms with van der Waals surface area (Å²) in [6.07, 6.45) is 0. The summed E-state index contributed by atoms with van der Waals surface area (Å²) >= 11 is 0. The summed E-state index contributed by atoms with van der Waals surface area (Å²) in [6.45, 7) is 0. The van der Waals surface area contributed by atoms with Gasteiger partial charge in [-0.2, -0.15) is 0 Å². The number of carbonyl (C=O) groups excluding carboxylic acids is 4. The Morgan fingerprint density at radius 2 is 0.643 bits per heavy atom. The number of benzene rings is 4. The zero-order chi connectivity index (χ0) is 30.3. The van der Waals surface area contributed by atoms with Crippen LogP contribution in [0.5, 0.6) is 0 Å². The molecule has 0 radical (unpaired) electrons. The Morgan fingerprint density at radius 3 is 0.881 bits per heavy atom. The number of carboxylic acids is 2. The Morgan fingerprint density at radius 1 is 0.405 bits per heavy atom. The molecule has 0 amide bonds. The molecule has 210 valence electrons. The molecule has 0 aliphatic heterocycles. The van der Waals surface area contributed by atoms with Crippen molar-refractivity contribution in [1.29, 1.82) is 0 Å². The fraction of sp³-hybridized carbons (Fsp3) is 0.0625. The van der Waals surface area contributed by atoms with Crippen molar-refractivity contribution in [2.45, 2.75) is 11.2 Å². The zero-order valence-electron chi connectivity index (χ0n) is 21.7. The largest absolute Gasteiger partial charge is 0.478 e. The third-order valence-electron chi connectivity index (χ3n) is 6.32. The lowest BCUT2D eigenvalue weighted by molar-refractivity contribution is -0.188. The SMILES string of the molecule is O=C(O[C@@](C(=O)O)(C(=O)c1ccccc1)[C@](OC(=O)c1ccccc1)(C(=O)O)C(=O)c1ccccc1)c1ccccc1. The maximum atomic E-state index is 14.2. The Hall–Kier alpha value is -5.90. The maximum absolute atomic E-state index is 14.2. The van der Waals surface area contributed by atoms with Gasteiger partial charge >= 0.3 is 35.1 Å². The van der Waals surface area contributed by atoms with E-state index in [0.29, 0.717) is 0 Å². The summed E-state index contributed by atoms with van der Waals surface area (Å²) < 4.78 is 10.7. The predicted octanol–water partition coefficient (Wildman–Crippen LogP) is 4.11. The first-order valence-electron chi connectivity index (χ1n) is 12.4. The van der Waals surface area contributed by atoms with Crippen LogP contribution >= 0.6 is 0 Å². The number of Topliss-reactive ketones (excluding diaryl/α,β-unsaturated/α-hetero) is 2. The summed E-state index contributed by atoms with van der Waals surface area (Å²) in [7, 11) is 0. The number of hydrogen-bond acceptors (Lipinski definition) is 8. The lowest BCUT2D eigenvalue weighted by Gasteiger charge is -2.40. The molecule has 0 aromatic heterocycles. The number of carboxylic acid groups (broad SMARTS) is 2. The van der Waals surface area contributed by atoms with Crippen LogP contribution in [-0.2, 0) is 19.1 Å². The quantitative estimate of drug-likeness (QED) is 0.153. The standard InChI is InChI=1S/C32H22O10/c33-25(21-13-5-1-6-14-21)31(29(37)38,41-27(35)23-17-9-3-10-18-23)32(30(39)40,26(34)22-15-7-2-8-16-22)42-28(36)24-19-11-4-12-20-24/h1-20H,(H,37,38)(H,39,40)/t31-,32-/m1/s1. The van der Waals surface area contributed by atoms with E-state index in [1.807, 2.05) is 0 Å². The van der Waals surface area contributed by atoms with E-state index in [9.17, 15) is 39.0 Å². The minimum absolute atomic E-state index is 0.273. The summed E-state index contributed by atoms with van der Waals surface area (Å²) in [5.74, 6) is -10.9. The van der Waals surface area contributed by atoms with E-state index in [1.165, 1.54) is 84.9 Å². The molecule has 0 bridgehead atoms. The van der Waals surface area contributed by atoms with Crippen LogP contribution in [0.4, 0.5) is 0 Å². The molecule has 0 fully saturated rings. The van der Waals surface area contributed by atoms with Crippen LogP contribution in [0.2, 0.25) is 0 Å². The van der Waals surface area contributed by atoms with Crippen molar-refractivity contribution in [3.8, 4) is 0 Å². The fourth-order valence-corrected chi connectivity index (χ4v) is 4.27. The molecule has 0 aliphatic rings. The molecule has 4 rings (SSSR count). The molecule has 2 N–H and O–H groups in total. The third kappa shape index (κ3) is 5.16. The first-order valence-corrected chi connectivity index (χ1v) is 12.4. The van der Waals surface area contributed by atoms with E-state index in [1.54, 1.807) is 12.1 Å². The highest BCUT2D eigenvalue weighted by Gasteiger charge is 2.77. The van der Waals surface area contributed by atoms with E-state index in [4.69, 9.17) is 9.47 Å². The van der Waals surface area contributed by atoms with Crippen molar-refractivity contribution in [1.82, 2.24) is 0 Å². The second-order valence-electron chi connectivity index (χ2n) is 8.87. The Balaban J connectivity index is 2.09. The Bertz CT molecular complexity index is 1510. The Kier molecular flexibility index (Phi) is 8.37. The number of aliphatic carboxylic acids is 2. The second-order valence-corrected chi connectivity index (χ2v) is 8.87. The number of ketones is 2. The smallest absolute Gasteiger partial charge is 0.362 e. The summed E-state index contributed by atoms with van der Waals surface area (Å²) in [5.41, 5.74) is -9.34. The van der Waals surface area contributed by atoms with E-state index in [0.717, 1.165) is 24.3 Å². The van der Waals surface area contributed by atoms with Gasteiger partial charge in [-0.25, -0.2) is 19.2 Å². The molecule has 10 heteroatoms. The highest BCUT2D eigenvalue weighted by Crippen LogP contribution is 2.39. The normalized spacial score (nSPS) is 13.4. The average molecular weight is 567 g/mol. The minimum Gasteiger partial charge on any atom is -0.478 e. The molecule has 4 aromatic rings. The molecule has 0 saturated heterocycles. The van der Waals surface area contributed by atoms with Gasteiger partial charge in [0.05, 0.1) is 11.1 Å². The summed E-state index contributed by atoms with van der Waals surface area (Å²) in [4.78, 5) is 81.8. The van der Waals surface area contributed by atoms with Crippen molar-refractivity contribution in [3.63, 3.8) is 0 Å². The van der Waals surface area contributed by atoms with E-state index in [2.05, 4.69) is 0 Å². The van der Waals surface area contributed by atoms with E-state index in [-0.39, 0.29) is 11.1 Å². The lowest BCUT2D eigenvalue weighted by Crippen LogP contribution is -2.74. The van der Waals surface area contributed by atoms with Gasteiger partial charge in [-0.3, -0.25) is 9.59 Å². The van der Waals surface area contributed by atoms with E-state index < -0.39 is 57.8 Å². The number of hydrogen-bond donors (Lipinski definition) is 2. The number of ether oxygens (including phenoxy) is 2. The van der Waals surface area contributed by atoms with Gasteiger partial charge in [-0.15, -0.1) is 0 Å². The van der Waals surface area contributed by atoms with E-state index >= 15 is 0 Å². The van der Waals surface area contributed by atoms with Crippen molar-refractivity contribution >= 4 is 35.4 Å². The molecular weight excluding hydrogens is 544 g/mol. The van der Waals surface area contributed by atoms with Gasteiger partial charge in [-0.05, 0) is 24.3 Å². The number of rotatable bonds is 11. The molecule has 42 heavy (non-hydrogen) atoms. The summed E-state index contributed by atoms with van der Waals surface area (Å²) in [6, 6.07) is 26.5. The predicted molar refractivity (Wildman–Crippen MR) is 146 cm³/mol. The van der Waals surface area contributed by atoms with Crippen LogP contribution in [0.1, 0.15) is 41.4 Å². The van der Waals surface area contributed by atoms with Gasteiger partial charge in [0.15, 0.2) is 0 Å². The molecule has 0 unspecified atom stereocenters. The van der Waals surface area contributed by atoms with Crippen LogP contribution in [0.25, 0.3) is 0 Å². The van der Waals surface area contributed by atoms with Crippen molar-refractivity contribution in [3.05, 3.63) is 144 Å². The highest BCUT2D eigenvalue weighted by molar-refractivity contribution is 6.30. The lowest BCUT2D eigenvalue weighted by atomic mass is 9.72. The third-order valence-corrected chi connectivity index (χ3v) is 6.32. The fourth-order valence-electron chi connectivity index (χ4n) is 4.27. The Labute approximate surface area is 238 Å². The molecular formula is C32H22O10. The van der Waals surface area contributed by atoms with Crippen LogP contribution in [0.15, 0.2) is 121 Å². The maximum Gasteiger partial charge on any atom is 0.362 e. The number of esters is 2. The van der Waals surface area contributed by atoms with Crippen molar-refractivity contribution in [2.24, 2.45) is 0 Å². The van der Waals surface area contributed by atoms with Gasteiger partial charge in [0, 0.05) is 11.1 Å². The molecule has 10 nitrogen and oxygen atoms in total. The molecule has 4 aromatic carbocycles. The van der Waals surface area contributed by atoms with Crippen LogP contribution in [0.3, 0.4) is 0 Å². The molecule has 0 saturated carbocycles. The van der Waals surface area contributed by atoms with Gasteiger partial charge < -0.3 is 19.7 Å². The van der Waals surface area contributed by atoms with Gasteiger partial charge in [-0.1, -0.05) is 97.1 Å². The summed E-state index contributed by atoms with van der Waals surface area (Å²) in [5, 5.41) is 21.4. The second kappa shape index (κ2) is 12.1. The van der Waals surface area contributed by atoms with Gasteiger partial charge in [0.25, 0.3) is 0 Å². The van der Waals surface area contributed by atoms with Crippen molar-refractivity contribution < 1.29 is 48.5 Å². The monoisotopic (exact) mass is 566 g/mol. The topological polar surface area (TPSA) is 161 Å². The van der Waals surface area contributed by atoms with Gasteiger partial charge in [0.2, 0.25) is 11.6 Å². The first-order chi connectivity index (χ1) is 20.1. The zero-order valence-corrected chi connectivity index (χ0v) is 21.7. The van der Waals surface area contributed by atoms with Crippen LogP contribution in [0, 0.1) is 0 Å². The highest BCUT2D eigenvalue weighted by atomic mass is 16.6. The molecule has 0 aliphatic carbocycles. The van der Waals surface area contributed by atoms with Gasteiger partial charge in [0.1, 0.15) is 0 Å². The first kappa shape index (κ1) is 29.1. The average Bonchev–Trinajstić information content (AvgIpc) is 3.03. The molecule has 0 heterocycles. The molecule has 2 atom stereocenters. The van der Waals surface area contributed by atoms with Crippen LogP contribution in [-0.4, -0.2) is 56.9 Å². The number of carbonyl (C=O) groups is 6.